The molecule has 1 aliphatic carbocycles. The molecule has 0 bridgehead atoms. The molecule has 2 aromatic carbocycles. The minimum absolute atomic E-state index is 0.00121. The fourth-order valence-electron chi connectivity index (χ4n) is 3.40. The fourth-order valence-corrected chi connectivity index (χ4v) is 3.40. The van der Waals surface area contributed by atoms with Crippen molar-refractivity contribution in [1.29, 1.82) is 0 Å². The first-order chi connectivity index (χ1) is 13.4. The Morgan fingerprint density at radius 2 is 1.75 bits per heavy atom. The Morgan fingerprint density at radius 3 is 2.39 bits per heavy atom. The second-order valence-electron chi connectivity index (χ2n) is 7.32. The first kappa shape index (κ1) is 20.2. The van der Waals surface area contributed by atoms with Gasteiger partial charge >= 0.3 is 6.18 Å². The summed E-state index contributed by atoms with van der Waals surface area (Å²) in [6.45, 7) is 1.54. The zero-order valence-corrected chi connectivity index (χ0v) is 15.9. The van der Waals surface area contributed by atoms with E-state index in [9.17, 15) is 18.0 Å². The van der Waals surface area contributed by atoms with E-state index in [1.165, 1.54) is 17.8 Å². The molecule has 0 saturated heterocycles. The Bertz CT molecular complexity index is 775. The molecule has 1 saturated carbocycles. The van der Waals surface area contributed by atoms with E-state index in [4.69, 9.17) is 0 Å². The van der Waals surface area contributed by atoms with Gasteiger partial charge in [0.25, 0.3) is 0 Å². The van der Waals surface area contributed by atoms with Crippen LogP contribution in [-0.4, -0.2) is 26.0 Å². The third-order valence-electron chi connectivity index (χ3n) is 5.21. The van der Waals surface area contributed by atoms with Crippen molar-refractivity contribution in [2.24, 2.45) is 5.92 Å². The van der Waals surface area contributed by atoms with Gasteiger partial charge in [-0.25, -0.2) is 0 Å². The van der Waals surface area contributed by atoms with Crippen LogP contribution in [0.3, 0.4) is 0 Å². The van der Waals surface area contributed by atoms with Crippen molar-refractivity contribution < 1.29 is 18.0 Å². The number of rotatable bonds is 8. The number of carbonyl (C=O) groups excluding carboxylic acids is 1. The van der Waals surface area contributed by atoms with Crippen molar-refractivity contribution in [1.82, 2.24) is 5.32 Å². The van der Waals surface area contributed by atoms with E-state index in [-0.39, 0.29) is 17.7 Å². The summed E-state index contributed by atoms with van der Waals surface area (Å²) in [7, 11) is 2.05. The number of para-hydroxylation sites is 1. The van der Waals surface area contributed by atoms with Crippen molar-refractivity contribution >= 4 is 11.6 Å². The SMILES string of the molecule is CN(CCCCNC(=O)C1CC1c1ccc(C(F)(F)F)cc1)c1ccccc1. The average Bonchev–Trinajstić information content (AvgIpc) is 3.48. The first-order valence-corrected chi connectivity index (χ1v) is 9.57. The maximum absolute atomic E-state index is 12.6. The number of alkyl halides is 3. The summed E-state index contributed by atoms with van der Waals surface area (Å²) >= 11 is 0. The average molecular weight is 390 g/mol. The van der Waals surface area contributed by atoms with Gasteiger partial charge in [0.15, 0.2) is 0 Å². The lowest BCUT2D eigenvalue weighted by Crippen LogP contribution is -2.27. The van der Waals surface area contributed by atoms with Crippen molar-refractivity contribution in [2.75, 3.05) is 25.0 Å². The molecule has 2 aromatic rings. The maximum Gasteiger partial charge on any atom is 0.416 e. The van der Waals surface area contributed by atoms with Gasteiger partial charge in [0.1, 0.15) is 0 Å². The van der Waals surface area contributed by atoms with Gasteiger partial charge in [-0.2, -0.15) is 13.2 Å². The van der Waals surface area contributed by atoms with Crippen LogP contribution in [-0.2, 0) is 11.0 Å². The van der Waals surface area contributed by atoms with Crippen LogP contribution >= 0.6 is 0 Å². The smallest absolute Gasteiger partial charge is 0.375 e. The number of carbonyl (C=O) groups is 1. The van der Waals surface area contributed by atoms with E-state index >= 15 is 0 Å². The highest BCUT2D eigenvalue weighted by Gasteiger charge is 2.44. The molecular formula is C22H25F3N2O. The monoisotopic (exact) mass is 390 g/mol. The number of halogens is 3. The molecule has 28 heavy (non-hydrogen) atoms. The van der Waals surface area contributed by atoms with Gasteiger partial charge in [0.05, 0.1) is 5.56 Å². The predicted molar refractivity (Wildman–Crippen MR) is 104 cm³/mol. The summed E-state index contributed by atoms with van der Waals surface area (Å²) in [6, 6.07) is 15.3. The summed E-state index contributed by atoms with van der Waals surface area (Å²) in [5, 5.41) is 2.96. The Morgan fingerprint density at radius 1 is 1.07 bits per heavy atom. The minimum Gasteiger partial charge on any atom is -0.375 e. The lowest BCUT2D eigenvalue weighted by atomic mass is 10.1. The maximum atomic E-state index is 12.6. The van der Waals surface area contributed by atoms with Crippen LogP contribution in [0.4, 0.5) is 18.9 Å². The van der Waals surface area contributed by atoms with Gasteiger partial charge in [-0.05, 0) is 55.0 Å². The molecule has 3 rings (SSSR count). The first-order valence-electron chi connectivity index (χ1n) is 9.57. The topological polar surface area (TPSA) is 32.3 Å². The predicted octanol–water partition coefficient (Wildman–Crippen LogP) is 4.84. The van der Waals surface area contributed by atoms with E-state index in [2.05, 4.69) is 22.3 Å². The molecule has 0 aromatic heterocycles. The lowest BCUT2D eigenvalue weighted by Gasteiger charge is -2.19. The molecule has 6 heteroatoms. The van der Waals surface area contributed by atoms with E-state index in [0.29, 0.717) is 13.0 Å². The molecule has 150 valence electrons. The van der Waals surface area contributed by atoms with Crippen LogP contribution in [0.25, 0.3) is 0 Å². The second-order valence-corrected chi connectivity index (χ2v) is 7.32. The Balaban J connectivity index is 1.35. The van der Waals surface area contributed by atoms with E-state index in [1.54, 1.807) is 0 Å². The number of hydrogen-bond donors (Lipinski definition) is 1. The summed E-state index contributed by atoms with van der Waals surface area (Å²) in [5.74, 6) is -0.0865. The number of nitrogens with one attached hydrogen (secondary N) is 1. The molecular weight excluding hydrogens is 365 g/mol. The van der Waals surface area contributed by atoms with Crippen LogP contribution in [0.5, 0.6) is 0 Å². The number of amides is 1. The van der Waals surface area contributed by atoms with Gasteiger partial charge in [-0.15, -0.1) is 0 Å². The quantitative estimate of drug-likeness (QED) is 0.654. The highest BCUT2D eigenvalue weighted by Crippen LogP contribution is 2.47. The molecule has 0 spiro atoms. The highest BCUT2D eigenvalue weighted by atomic mass is 19.4. The zero-order valence-electron chi connectivity index (χ0n) is 15.9. The standard InChI is InChI=1S/C22H25F3N2O/c1-27(18-7-3-2-4-8-18)14-6-5-13-26-21(28)20-15-19(20)16-9-11-17(12-10-16)22(23,24)25/h2-4,7-12,19-20H,5-6,13-15H2,1H3,(H,26,28). The van der Waals surface area contributed by atoms with Gasteiger partial charge in [-0.3, -0.25) is 4.79 Å². The molecule has 2 unspecified atom stereocenters. The molecule has 1 aliphatic rings. The Labute approximate surface area is 163 Å². The molecule has 1 fully saturated rings. The lowest BCUT2D eigenvalue weighted by molar-refractivity contribution is -0.137. The normalized spacial score (nSPS) is 18.6. The van der Waals surface area contributed by atoms with Gasteiger partial charge in [0, 0.05) is 31.7 Å². The van der Waals surface area contributed by atoms with Crippen LogP contribution in [0, 0.1) is 5.92 Å². The van der Waals surface area contributed by atoms with E-state index < -0.39 is 11.7 Å². The largest absolute Gasteiger partial charge is 0.416 e. The van der Waals surface area contributed by atoms with Gasteiger partial charge < -0.3 is 10.2 Å². The van der Waals surface area contributed by atoms with E-state index in [0.717, 1.165) is 37.1 Å². The van der Waals surface area contributed by atoms with Crippen molar-refractivity contribution in [3.05, 3.63) is 65.7 Å². The van der Waals surface area contributed by atoms with Crippen LogP contribution < -0.4 is 10.2 Å². The number of hydrogen-bond acceptors (Lipinski definition) is 2. The zero-order chi connectivity index (χ0) is 20.1. The van der Waals surface area contributed by atoms with Crippen molar-refractivity contribution in [3.63, 3.8) is 0 Å². The number of nitrogens with zero attached hydrogens (tertiary/aromatic N) is 1. The van der Waals surface area contributed by atoms with Gasteiger partial charge in [0.2, 0.25) is 5.91 Å². The molecule has 1 N–H and O–H groups in total. The second kappa shape index (κ2) is 8.67. The molecule has 1 amide bonds. The summed E-state index contributed by atoms with van der Waals surface area (Å²) in [4.78, 5) is 14.4. The number of unbranched alkanes of at least 4 members (excludes halogenated alkanes) is 1. The Kier molecular flexibility index (Phi) is 6.27. The van der Waals surface area contributed by atoms with Crippen molar-refractivity contribution in [3.8, 4) is 0 Å². The molecule has 0 heterocycles. The number of anilines is 1. The Hall–Kier alpha value is -2.50. The highest BCUT2D eigenvalue weighted by molar-refractivity contribution is 5.82. The third kappa shape index (κ3) is 5.27. The molecule has 2 atom stereocenters. The van der Waals surface area contributed by atoms with Crippen LogP contribution in [0.15, 0.2) is 54.6 Å². The van der Waals surface area contributed by atoms with Crippen molar-refractivity contribution in [2.45, 2.75) is 31.4 Å². The van der Waals surface area contributed by atoms with Gasteiger partial charge in [-0.1, -0.05) is 30.3 Å². The third-order valence-corrected chi connectivity index (χ3v) is 5.21. The van der Waals surface area contributed by atoms with Crippen LogP contribution in [0.2, 0.25) is 0 Å². The minimum atomic E-state index is -4.33. The molecule has 0 aliphatic heterocycles. The number of benzene rings is 2. The fraction of sp³-hybridized carbons (Fsp3) is 0.409. The summed E-state index contributed by atoms with van der Waals surface area (Å²) in [6.07, 6.45) is -1.76. The van der Waals surface area contributed by atoms with E-state index in [1.807, 2.05) is 25.2 Å². The molecule has 0 radical (unpaired) electrons. The summed E-state index contributed by atoms with van der Waals surface area (Å²) < 4.78 is 37.9. The van der Waals surface area contributed by atoms with Crippen LogP contribution in [0.1, 0.15) is 36.3 Å². The molecule has 3 nitrogen and oxygen atoms in total. The summed E-state index contributed by atoms with van der Waals surface area (Å²) in [5.41, 5.74) is 1.32.